The lowest BCUT2D eigenvalue weighted by Gasteiger charge is -2.24. The van der Waals surface area contributed by atoms with Crippen LogP contribution in [0.3, 0.4) is 0 Å². The summed E-state index contributed by atoms with van der Waals surface area (Å²) in [5, 5.41) is 9.43. The Bertz CT molecular complexity index is 568. The third-order valence-corrected chi connectivity index (χ3v) is 4.30. The number of phenolic OH excluding ortho intramolecular Hbond substituents is 1. The molecule has 104 valence electrons. The average molecular weight is 268 g/mol. The van der Waals surface area contributed by atoms with Gasteiger partial charge in [-0.25, -0.2) is 0 Å². The number of Topliss-reactive ketones (excluding diaryl/α,β-unsaturated/α-hetero) is 1. The highest BCUT2D eigenvalue weighted by atomic mass is 16.3. The molecule has 0 atom stereocenters. The summed E-state index contributed by atoms with van der Waals surface area (Å²) in [5.41, 5.74) is 5.06. The molecule has 0 radical (unpaired) electrons. The van der Waals surface area contributed by atoms with Gasteiger partial charge in [-0.1, -0.05) is 30.2 Å². The van der Waals surface area contributed by atoms with Gasteiger partial charge in [0.2, 0.25) is 0 Å². The van der Waals surface area contributed by atoms with E-state index >= 15 is 0 Å². The van der Waals surface area contributed by atoms with Crippen LogP contribution in [0.4, 0.5) is 0 Å². The number of ketones is 1. The molecule has 0 aliphatic heterocycles. The number of aromatic hydroxyl groups is 1. The third-order valence-electron chi connectivity index (χ3n) is 4.30. The molecule has 3 rings (SSSR count). The van der Waals surface area contributed by atoms with Crippen LogP contribution in [0, 0.1) is 0 Å². The van der Waals surface area contributed by atoms with Gasteiger partial charge in [0.15, 0.2) is 0 Å². The third kappa shape index (κ3) is 2.69. The number of rotatable bonds is 1. The Hall–Kier alpha value is -1.83. The molecule has 1 aromatic rings. The van der Waals surface area contributed by atoms with E-state index in [1.54, 1.807) is 12.1 Å². The van der Waals surface area contributed by atoms with Crippen LogP contribution in [0.1, 0.15) is 50.5 Å². The van der Waals surface area contributed by atoms with Gasteiger partial charge >= 0.3 is 0 Å². The summed E-state index contributed by atoms with van der Waals surface area (Å²) in [6.07, 6.45) is 9.26. The zero-order chi connectivity index (χ0) is 13.9. The van der Waals surface area contributed by atoms with Crippen molar-refractivity contribution in [2.45, 2.75) is 44.9 Å². The summed E-state index contributed by atoms with van der Waals surface area (Å²) in [4.78, 5) is 11.8. The second-order valence-electron chi connectivity index (χ2n) is 5.73. The van der Waals surface area contributed by atoms with Gasteiger partial charge in [0, 0.05) is 12.8 Å². The van der Waals surface area contributed by atoms with Crippen molar-refractivity contribution in [3.63, 3.8) is 0 Å². The van der Waals surface area contributed by atoms with Crippen molar-refractivity contribution < 1.29 is 9.90 Å². The Morgan fingerprint density at radius 1 is 0.950 bits per heavy atom. The highest BCUT2D eigenvalue weighted by Crippen LogP contribution is 2.38. The maximum absolute atomic E-state index is 11.8. The van der Waals surface area contributed by atoms with E-state index in [0.29, 0.717) is 18.6 Å². The lowest BCUT2D eigenvalue weighted by Crippen LogP contribution is -2.10. The van der Waals surface area contributed by atoms with E-state index in [-0.39, 0.29) is 5.75 Å². The van der Waals surface area contributed by atoms with E-state index in [0.717, 1.165) is 18.4 Å². The molecule has 0 aromatic heterocycles. The quantitative estimate of drug-likeness (QED) is 0.819. The summed E-state index contributed by atoms with van der Waals surface area (Å²) < 4.78 is 0. The average Bonchev–Trinajstić information content (AvgIpc) is 2.49. The first kappa shape index (κ1) is 13.2. The van der Waals surface area contributed by atoms with Crippen molar-refractivity contribution in [2.75, 3.05) is 0 Å². The van der Waals surface area contributed by atoms with Crippen LogP contribution in [0.15, 0.2) is 41.5 Å². The molecule has 0 heterocycles. The molecule has 1 saturated carbocycles. The molecule has 0 bridgehead atoms. The standard InChI is InChI=1S/C18H20O2/c19-15-8-6-14(7-9-15)17-11-10-16(20)12-18(17)13-4-2-1-3-5-13/h6-9,11,19H,1-5,10,12H2. The Balaban J connectivity index is 2.01. The van der Waals surface area contributed by atoms with Crippen LogP contribution in [-0.2, 0) is 4.79 Å². The van der Waals surface area contributed by atoms with Gasteiger partial charge in [0.25, 0.3) is 0 Å². The van der Waals surface area contributed by atoms with Crippen molar-refractivity contribution >= 4 is 11.4 Å². The monoisotopic (exact) mass is 268 g/mol. The maximum atomic E-state index is 11.8. The zero-order valence-corrected chi connectivity index (χ0v) is 11.7. The van der Waals surface area contributed by atoms with E-state index in [2.05, 4.69) is 6.08 Å². The smallest absolute Gasteiger partial charge is 0.141 e. The molecule has 2 nitrogen and oxygen atoms in total. The van der Waals surface area contributed by atoms with Gasteiger partial charge in [-0.3, -0.25) is 4.79 Å². The number of hydrogen-bond donors (Lipinski definition) is 1. The molecule has 1 aromatic carbocycles. The molecule has 1 fully saturated rings. The topological polar surface area (TPSA) is 37.3 Å². The van der Waals surface area contributed by atoms with Gasteiger partial charge in [-0.2, -0.15) is 0 Å². The second-order valence-corrected chi connectivity index (χ2v) is 5.73. The molecular formula is C18H20O2. The number of hydrogen-bond acceptors (Lipinski definition) is 2. The largest absolute Gasteiger partial charge is 0.508 e. The SMILES string of the molecule is O=C1CC=C(c2ccc(O)cc2)C(=C2CCCCC2)C1. The van der Waals surface area contributed by atoms with Gasteiger partial charge in [-0.05, 0) is 54.5 Å². The second kappa shape index (κ2) is 5.66. The summed E-state index contributed by atoms with van der Waals surface area (Å²) in [5.74, 6) is 0.605. The van der Waals surface area contributed by atoms with Gasteiger partial charge in [0.1, 0.15) is 11.5 Å². The van der Waals surface area contributed by atoms with E-state index in [9.17, 15) is 9.90 Å². The van der Waals surface area contributed by atoms with Crippen LogP contribution in [0.5, 0.6) is 5.75 Å². The fraction of sp³-hybridized carbons (Fsp3) is 0.389. The normalized spacial score (nSPS) is 20.0. The van der Waals surface area contributed by atoms with Crippen LogP contribution in [0.25, 0.3) is 5.57 Å². The molecule has 0 saturated heterocycles. The molecule has 1 N–H and O–H groups in total. The van der Waals surface area contributed by atoms with E-state index < -0.39 is 0 Å². The molecular weight excluding hydrogens is 248 g/mol. The van der Waals surface area contributed by atoms with Crippen molar-refractivity contribution in [1.29, 1.82) is 0 Å². The number of carbonyl (C=O) groups excluding carboxylic acids is 1. The Morgan fingerprint density at radius 3 is 2.35 bits per heavy atom. The van der Waals surface area contributed by atoms with Gasteiger partial charge in [-0.15, -0.1) is 0 Å². The first-order valence-corrected chi connectivity index (χ1v) is 7.46. The summed E-state index contributed by atoms with van der Waals surface area (Å²) in [7, 11) is 0. The first-order valence-electron chi connectivity index (χ1n) is 7.46. The molecule has 0 spiro atoms. The minimum Gasteiger partial charge on any atom is -0.508 e. The highest BCUT2D eigenvalue weighted by Gasteiger charge is 2.21. The lowest BCUT2D eigenvalue weighted by molar-refractivity contribution is -0.117. The Labute approximate surface area is 119 Å². The van der Waals surface area contributed by atoms with Gasteiger partial charge in [0.05, 0.1) is 0 Å². The predicted octanol–water partition coefficient (Wildman–Crippen LogP) is 4.40. The number of allylic oxidation sites excluding steroid dienone is 4. The molecule has 20 heavy (non-hydrogen) atoms. The van der Waals surface area contributed by atoms with Crippen molar-refractivity contribution in [3.8, 4) is 5.75 Å². The highest BCUT2D eigenvalue weighted by molar-refractivity contribution is 5.95. The van der Waals surface area contributed by atoms with Gasteiger partial charge < -0.3 is 5.11 Å². The van der Waals surface area contributed by atoms with Crippen LogP contribution < -0.4 is 0 Å². The molecule has 0 amide bonds. The Kier molecular flexibility index (Phi) is 3.72. The van der Waals surface area contributed by atoms with Crippen molar-refractivity contribution in [2.24, 2.45) is 0 Å². The summed E-state index contributed by atoms with van der Waals surface area (Å²) >= 11 is 0. The fourth-order valence-corrected chi connectivity index (χ4v) is 3.23. The van der Waals surface area contributed by atoms with Crippen LogP contribution in [0.2, 0.25) is 0 Å². The molecule has 2 aliphatic rings. The van der Waals surface area contributed by atoms with Crippen molar-refractivity contribution in [3.05, 3.63) is 47.1 Å². The Morgan fingerprint density at radius 2 is 1.65 bits per heavy atom. The van der Waals surface area contributed by atoms with Crippen LogP contribution >= 0.6 is 0 Å². The van der Waals surface area contributed by atoms with E-state index in [1.807, 2.05) is 12.1 Å². The molecule has 2 aliphatic carbocycles. The minimum absolute atomic E-state index is 0.285. The number of benzene rings is 1. The van der Waals surface area contributed by atoms with E-state index in [1.165, 1.54) is 36.0 Å². The predicted molar refractivity (Wildman–Crippen MR) is 80.4 cm³/mol. The zero-order valence-electron chi connectivity index (χ0n) is 11.7. The van der Waals surface area contributed by atoms with E-state index in [4.69, 9.17) is 0 Å². The number of carbonyl (C=O) groups is 1. The number of phenols is 1. The van der Waals surface area contributed by atoms with Crippen molar-refractivity contribution in [1.82, 2.24) is 0 Å². The molecule has 0 unspecified atom stereocenters. The first-order chi connectivity index (χ1) is 9.74. The van der Waals surface area contributed by atoms with Crippen LogP contribution in [-0.4, -0.2) is 10.9 Å². The maximum Gasteiger partial charge on any atom is 0.141 e. The fourth-order valence-electron chi connectivity index (χ4n) is 3.23. The molecule has 2 heteroatoms. The lowest BCUT2D eigenvalue weighted by atomic mass is 9.80. The minimum atomic E-state index is 0.285. The summed E-state index contributed by atoms with van der Waals surface area (Å²) in [6.45, 7) is 0. The summed E-state index contributed by atoms with van der Waals surface area (Å²) in [6, 6.07) is 7.33.